The molecule has 0 saturated heterocycles. The lowest BCUT2D eigenvalue weighted by molar-refractivity contribution is -0.887. The van der Waals surface area contributed by atoms with E-state index in [0.29, 0.717) is 29.8 Å². The number of hydrogen-bond acceptors (Lipinski definition) is 3. The average Bonchev–Trinajstić information content (AvgIpc) is 2.31. The Morgan fingerprint density at radius 1 is 1.37 bits per heavy atom. The highest BCUT2D eigenvalue weighted by Gasteiger charge is 2.18. The van der Waals surface area contributed by atoms with Crippen LogP contribution in [0.15, 0.2) is 11.8 Å². The lowest BCUT2D eigenvalue weighted by Gasteiger charge is -2.30. The summed E-state index contributed by atoms with van der Waals surface area (Å²) in [5, 5.41) is 20.5. The molecule has 0 radical (unpaired) electrons. The Labute approximate surface area is 117 Å². The van der Waals surface area contributed by atoms with Crippen LogP contribution < -0.4 is 5.11 Å². The first-order valence-electron chi connectivity index (χ1n) is 7.19. The summed E-state index contributed by atoms with van der Waals surface area (Å²) < 4.78 is 0.591. The Kier molecular flexibility index (Phi) is 8.48. The van der Waals surface area contributed by atoms with Gasteiger partial charge in [-0.05, 0) is 18.9 Å². The lowest BCUT2D eigenvalue weighted by atomic mass is 10.1. The van der Waals surface area contributed by atoms with Crippen LogP contribution in [0, 0.1) is 5.92 Å². The van der Waals surface area contributed by atoms with Crippen molar-refractivity contribution in [1.29, 1.82) is 0 Å². The molecule has 1 atom stereocenters. The van der Waals surface area contributed by atoms with Crippen LogP contribution in [-0.2, 0) is 4.79 Å². The van der Waals surface area contributed by atoms with E-state index in [0.717, 1.165) is 12.8 Å². The number of carboxylic acids is 1. The fourth-order valence-corrected chi connectivity index (χ4v) is 1.91. The van der Waals surface area contributed by atoms with Crippen LogP contribution in [0.2, 0.25) is 0 Å². The molecule has 0 aromatic heterocycles. The molecule has 0 aliphatic rings. The zero-order chi connectivity index (χ0) is 14.9. The molecule has 0 heterocycles. The van der Waals surface area contributed by atoms with Crippen molar-refractivity contribution >= 4 is 5.97 Å². The van der Waals surface area contributed by atoms with E-state index in [9.17, 15) is 15.0 Å². The number of carbonyl (C=O) groups excluding carboxylic acids is 1. The van der Waals surface area contributed by atoms with Crippen LogP contribution in [0.25, 0.3) is 0 Å². The molecule has 0 aliphatic carbocycles. The van der Waals surface area contributed by atoms with Crippen LogP contribution in [0.1, 0.15) is 46.0 Å². The van der Waals surface area contributed by atoms with Crippen molar-refractivity contribution in [1.82, 2.24) is 0 Å². The zero-order valence-electron chi connectivity index (χ0n) is 12.8. The van der Waals surface area contributed by atoms with E-state index >= 15 is 0 Å². The molecule has 0 aromatic rings. The molecule has 1 N–H and O–H groups in total. The van der Waals surface area contributed by atoms with Crippen molar-refractivity contribution in [3.63, 3.8) is 0 Å². The molecular weight excluding hydrogens is 242 g/mol. The maximum atomic E-state index is 10.7. The topological polar surface area (TPSA) is 60.4 Å². The number of likely N-dealkylation sites (N-methyl/N-ethyl adjacent to an activating group) is 1. The fraction of sp³-hybridized carbons (Fsp3) is 0.800. The minimum atomic E-state index is -1.00. The molecule has 0 aliphatic heterocycles. The van der Waals surface area contributed by atoms with Crippen molar-refractivity contribution in [3.8, 4) is 0 Å². The lowest BCUT2D eigenvalue weighted by Crippen LogP contribution is -2.43. The Morgan fingerprint density at radius 2 is 2.00 bits per heavy atom. The van der Waals surface area contributed by atoms with Gasteiger partial charge in [0.2, 0.25) is 0 Å². The summed E-state index contributed by atoms with van der Waals surface area (Å²) in [5.41, 5.74) is 0. The second kappa shape index (κ2) is 8.97. The number of carbonyl (C=O) groups is 1. The third-order valence-corrected chi connectivity index (χ3v) is 3.35. The number of rotatable bonds is 10. The number of aliphatic hydroxyl groups excluding tert-OH is 1. The Bertz CT molecular complexity index is 298. The monoisotopic (exact) mass is 271 g/mol. The second-order valence-corrected chi connectivity index (χ2v) is 6.02. The van der Waals surface area contributed by atoms with E-state index in [-0.39, 0.29) is 0 Å². The number of unbranched alkanes of at least 4 members (excludes halogenated alkanes) is 3. The van der Waals surface area contributed by atoms with Gasteiger partial charge in [0, 0.05) is 18.3 Å². The van der Waals surface area contributed by atoms with E-state index in [1.807, 2.05) is 20.2 Å². The largest absolute Gasteiger partial charge is 0.550 e. The van der Waals surface area contributed by atoms with Gasteiger partial charge in [0.25, 0.3) is 0 Å². The molecule has 112 valence electrons. The number of quaternary nitrogens is 1. The molecule has 0 fully saturated rings. The number of hydrogen-bond donors (Lipinski definition) is 1. The van der Waals surface area contributed by atoms with Gasteiger partial charge in [-0.15, -0.1) is 0 Å². The number of carboxylic acid groups (broad SMARTS) is 1. The van der Waals surface area contributed by atoms with Crippen LogP contribution in [0.5, 0.6) is 0 Å². The van der Waals surface area contributed by atoms with Crippen LogP contribution in [-0.4, -0.2) is 42.7 Å². The number of allylic oxidation sites excluding steroid dienone is 1. The summed E-state index contributed by atoms with van der Waals surface area (Å²) in [4.78, 5) is 10.7. The zero-order valence-corrected chi connectivity index (χ0v) is 12.8. The Balaban J connectivity index is 4.09. The first-order chi connectivity index (χ1) is 8.78. The molecule has 0 amide bonds. The van der Waals surface area contributed by atoms with E-state index in [1.54, 1.807) is 6.92 Å². The minimum Gasteiger partial charge on any atom is -0.550 e. The van der Waals surface area contributed by atoms with Crippen molar-refractivity contribution < 1.29 is 19.5 Å². The van der Waals surface area contributed by atoms with Gasteiger partial charge in [0.05, 0.1) is 20.6 Å². The number of aliphatic carboxylic acids is 1. The molecule has 0 spiro atoms. The molecule has 0 saturated carbocycles. The van der Waals surface area contributed by atoms with E-state index < -0.39 is 11.9 Å². The summed E-state index contributed by atoms with van der Waals surface area (Å²) >= 11 is 0. The molecule has 0 aromatic carbocycles. The summed E-state index contributed by atoms with van der Waals surface area (Å²) in [6, 6.07) is 0. The summed E-state index contributed by atoms with van der Waals surface area (Å²) in [7, 11) is 4.00. The predicted molar refractivity (Wildman–Crippen MR) is 75.5 cm³/mol. The van der Waals surface area contributed by atoms with Gasteiger partial charge < -0.3 is 19.5 Å². The van der Waals surface area contributed by atoms with Crippen LogP contribution >= 0.6 is 0 Å². The summed E-state index contributed by atoms with van der Waals surface area (Å²) in [5.74, 6) is -1.03. The Morgan fingerprint density at radius 3 is 2.53 bits per heavy atom. The first-order valence-corrected chi connectivity index (χ1v) is 7.19. The van der Waals surface area contributed by atoms with Crippen LogP contribution in [0.4, 0.5) is 0 Å². The summed E-state index contributed by atoms with van der Waals surface area (Å²) in [6.45, 7) is 5.08. The molecule has 19 heavy (non-hydrogen) atoms. The molecule has 1 unspecified atom stereocenters. The average molecular weight is 271 g/mol. The number of nitrogens with zero attached hydrogens (tertiary/aromatic N) is 1. The predicted octanol–water partition coefficient (Wildman–Crippen LogP) is 1.86. The third-order valence-electron chi connectivity index (χ3n) is 3.35. The maximum Gasteiger partial charge on any atom is 0.143 e. The molecule has 4 nitrogen and oxygen atoms in total. The van der Waals surface area contributed by atoms with E-state index in [1.165, 1.54) is 12.8 Å². The van der Waals surface area contributed by atoms with Crippen molar-refractivity contribution in [2.45, 2.75) is 46.0 Å². The third kappa shape index (κ3) is 9.54. The highest BCUT2D eigenvalue weighted by Crippen LogP contribution is 2.10. The van der Waals surface area contributed by atoms with Gasteiger partial charge in [0.15, 0.2) is 0 Å². The van der Waals surface area contributed by atoms with E-state index in [4.69, 9.17) is 0 Å². The van der Waals surface area contributed by atoms with E-state index in [2.05, 4.69) is 6.92 Å². The SMILES string of the molecule is CCCCC/C=C(\O)C[N+](C)(C)CCC(C)C(=O)[O-]. The molecule has 0 rings (SSSR count). The highest BCUT2D eigenvalue weighted by atomic mass is 16.4. The standard InChI is InChI=1S/C15H29NO3/c1-5-6-7-8-9-14(17)12-16(3,4)11-10-13(2)15(18)19/h9,13H,5-8,10-12H2,1-4H3,(H-,17,18,19)/b14-9-. The smallest absolute Gasteiger partial charge is 0.143 e. The van der Waals surface area contributed by atoms with Gasteiger partial charge >= 0.3 is 0 Å². The van der Waals surface area contributed by atoms with Crippen molar-refractivity contribution in [2.75, 3.05) is 27.2 Å². The fourth-order valence-electron chi connectivity index (χ4n) is 1.91. The second-order valence-electron chi connectivity index (χ2n) is 6.02. The Hall–Kier alpha value is -1.03. The van der Waals surface area contributed by atoms with Gasteiger partial charge in [-0.1, -0.05) is 26.7 Å². The first kappa shape index (κ1) is 18.0. The van der Waals surface area contributed by atoms with Crippen LogP contribution in [0.3, 0.4) is 0 Å². The minimum absolute atomic E-state index is 0.405. The molecule has 4 heteroatoms. The normalized spacial score (nSPS) is 14.4. The van der Waals surface area contributed by atoms with Crippen molar-refractivity contribution in [2.24, 2.45) is 5.92 Å². The van der Waals surface area contributed by atoms with Crippen molar-refractivity contribution in [3.05, 3.63) is 11.8 Å². The van der Waals surface area contributed by atoms with Gasteiger partial charge in [-0.2, -0.15) is 0 Å². The van der Waals surface area contributed by atoms with Gasteiger partial charge in [0.1, 0.15) is 12.3 Å². The maximum absolute atomic E-state index is 10.7. The van der Waals surface area contributed by atoms with Gasteiger partial charge in [-0.25, -0.2) is 0 Å². The number of aliphatic hydroxyl groups is 1. The highest BCUT2D eigenvalue weighted by molar-refractivity contribution is 5.66. The molecular formula is C15H29NO3. The summed E-state index contributed by atoms with van der Waals surface area (Å²) in [6.07, 6.45) is 6.84. The molecule has 0 bridgehead atoms. The van der Waals surface area contributed by atoms with Gasteiger partial charge in [-0.3, -0.25) is 0 Å². The quantitative estimate of drug-likeness (QED) is 0.375.